The monoisotopic (exact) mass is 352 g/mol. The standard InChI is InChI=1S/C21H21FN2O2/c22-17-3-1-2-14(9-17)12-24-19(11-16-6-7-26-21(16)24)20(25)23-18-10-13-4-5-15(18)8-13/h1-3,6-7,9,11,13,15,18H,4-5,8,10,12H2,(H,23,25). The van der Waals surface area contributed by atoms with E-state index in [-0.39, 0.29) is 17.8 Å². The predicted molar refractivity (Wildman–Crippen MR) is 96.4 cm³/mol. The van der Waals surface area contributed by atoms with Gasteiger partial charge in [-0.2, -0.15) is 0 Å². The SMILES string of the molecule is O=C(NC1CC2CCC1C2)c1cc2ccoc2n1Cc1cccc(F)c1. The largest absolute Gasteiger partial charge is 0.448 e. The third-order valence-corrected chi connectivity index (χ3v) is 6.02. The van der Waals surface area contributed by atoms with Crippen LogP contribution in [-0.2, 0) is 6.54 Å². The van der Waals surface area contributed by atoms with Crippen molar-refractivity contribution >= 4 is 17.0 Å². The lowest BCUT2D eigenvalue weighted by atomic mass is 9.95. The number of nitrogens with zero attached hydrogens (tertiary/aromatic N) is 1. The first-order valence-electron chi connectivity index (χ1n) is 9.29. The topological polar surface area (TPSA) is 47.2 Å². The average Bonchev–Trinajstić information content (AvgIpc) is 3.37. The fourth-order valence-electron chi connectivity index (χ4n) is 4.80. The summed E-state index contributed by atoms with van der Waals surface area (Å²) in [6.07, 6.45) is 6.49. The molecule has 2 aromatic heterocycles. The van der Waals surface area contributed by atoms with Crippen LogP contribution >= 0.6 is 0 Å². The van der Waals surface area contributed by atoms with Crippen molar-refractivity contribution in [2.75, 3.05) is 0 Å². The van der Waals surface area contributed by atoms with Crippen molar-refractivity contribution in [3.05, 3.63) is 59.7 Å². The van der Waals surface area contributed by atoms with Crippen LogP contribution in [0, 0.1) is 17.7 Å². The summed E-state index contributed by atoms with van der Waals surface area (Å²) in [5.41, 5.74) is 2.02. The van der Waals surface area contributed by atoms with Crippen LogP contribution in [0.1, 0.15) is 41.7 Å². The number of nitrogens with one attached hydrogen (secondary N) is 1. The summed E-state index contributed by atoms with van der Waals surface area (Å²) in [5.74, 6) is 1.06. The minimum Gasteiger partial charge on any atom is -0.448 e. The summed E-state index contributed by atoms with van der Waals surface area (Å²) in [6, 6.07) is 10.5. The van der Waals surface area contributed by atoms with Gasteiger partial charge in [-0.05, 0) is 60.9 Å². The molecule has 3 atom stereocenters. The van der Waals surface area contributed by atoms with Crippen LogP contribution in [0.3, 0.4) is 0 Å². The van der Waals surface area contributed by atoms with Crippen LogP contribution in [0.15, 0.2) is 47.1 Å². The molecule has 2 saturated carbocycles. The maximum absolute atomic E-state index is 13.6. The molecule has 2 aliphatic carbocycles. The van der Waals surface area contributed by atoms with E-state index in [0.29, 0.717) is 23.9 Å². The smallest absolute Gasteiger partial charge is 0.268 e. The molecule has 1 amide bonds. The van der Waals surface area contributed by atoms with Gasteiger partial charge in [-0.1, -0.05) is 18.6 Å². The van der Waals surface area contributed by atoms with E-state index in [9.17, 15) is 9.18 Å². The second kappa shape index (κ2) is 6.01. The van der Waals surface area contributed by atoms with Gasteiger partial charge >= 0.3 is 0 Å². The molecule has 5 rings (SSSR count). The highest BCUT2D eigenvalue weighted by atomic mass is 19.1. The Morgan fingerprint density at radius 3 is 2.92 bits per heavy atom. The number of halogens is 1. The van der Waals surface area contributed by atoms with Crippen LogP contribution in [-0.4, -0.2) is 16.5 Å². The van der Waals surface area contributed by atoms with E-state index in [2.05, 4.69) is 5.32 Å². The van der Waals surface area contributed by atoms with Crippen LogP contribution in [0.25, 0.3) is 11.1 Å². The van der Waals surface area contributed by atoms with Gasteiger partial charge in [0.1, 0.15) is 11.5 Å². The van der Waals surface area contributed by atoms with Crippen molar-refractivity contribution in [2.24, 2.45) is 11.8 Å². The van der Waals surface area contributed by atoms with E-state index in [1.807, 2.05) is 22.8 Å². The summed E-state index contributed by atoms with van der Waals surface area (Å²) in [6.45, 7) is 0.397. The molecular formula is C21H21FN2O2. The molecule has 3 aromatic rings. The molecule has 2 aliphatic rings. The van der Waals surface area contributed by atoms with Crippen molar-refractivity contribution in [3.8, 4) is 0 Å². The lowest BCUT2D eigenvalue weighted by Crippen LogP contribution is -2.39. The Bertz CT molecular complexity index is 973. The first-order valence-corrected chi connectivity index (χ1v) is 9.29. The van der Waals surface area contributed by atoms with Crippen molar-refractivity contribution < 1.29 is 13.6 Å². The Balaban J connectivity index is 1.45. The molecule has 134 valence electrons. The number of aromatic nitrogens is 1. The van der Waals surface area contributed by atoms with E-state index in [1.165, 1.54) is 31.4 Å². The summed E-state index contributed by atoms with van der Waals surface area (Å²) < 4.78 is 21.0. The van der Waals surface area contributed by atoms with E-state index < -0.39 is 0 Å². The molecule has 1 N–H and O–H groups in total. The van der Waals surface area contributed by atoms with Crippen LogP contribution in [0.2, 0.25) is 0 Å². The zero-order valence-electron chi connectivity index (χ0n) is 14.5. The first kappa shape index (κ1) is 15.7. The lowest BCUT2D eigenvalue weighted by Gasteiger charge is -2.23. The number of carbonyl (C=O) groups is 1. The van der Waals surface area contributed by atoms with Crippen molar-refractivity contribution in [1.82, 2.24) is 9.88 Å². The molecular weight excluding hydrogens is 331 g/mol. The molecule has 26 heavy (non-hydrogen) atoms. The molecule has 2 bridgehead atoms. The molecule has 0 spiro atoms. The minimum atomic E-state index is -0.279. The summed E-state index contributed by atoms with van der Waals surface area (Å²) in [7, 11) is 0. The van der Waals surface area contributed by atoms with E-state index >= 15 is 0 Å². The molecule has 2 fully saturated rings. The number of hydrogen-bond acceptors (Lipinski definition) is 2. The number of carbonyl (C=O) groups excluding carboxylic acids is 1. The number of benzene rings is 1. The van der Waals surface area contributed by atoms with Crippen LogP contribution in [0.4, 0.5) is 4.39 Å². The quantitative estimate of drug-likeness (QED) is 0.759. The number of amides is 1. The van der Waals surface area contributed by atoms with Crippen molar-refractivity contribution in [3.63, 3.8) is 0 Å². The summed E-state index contributed by atoms with van der Waals surface area (Å²) in [5, 5.41) is 4.13. The van der Waals surface area contributed by atoms with Gasteiger partial charge in [0.05, 0.1) is 12.8 Å². The zero-order valence-corrected chi connectivity index (χ0v) is 14.5. The molecule has 4 nitrogen and oxygen atoms in total. The fraction of sp³-hybridized carbons (Fsp3) is 0.381. The Labute approximate surface area is 151 Å². The molecule has 1 aromatic carbocycles. The molecule has 5 heteroatoms. The van der Waals surface area contributed by atoms with Crippen molar-refractivity contribution in [1.29, 1.82) is 0 Å². The molecule has 3 unspecified atom stereocenters. The Kier molecular flexibility index (Phi) is 3.62. The first-order chi connectivity index (χ1) is 12.7. The summed E-state index contributed by atoms with van der Waals surface area (Å²) >= 11 is 0. The third kappa shape index (κ3) is 2.62. The number of furan rings is 1. The normalized spacial score (nSPS) is 24.4. The van der Waals surface area contributed by atoms with Crippen molar-refractivity contribution in [2.45, 2.75) is 38.3 Å². The van der Waals surface area contributed by atoms with Gasteiger partial charge in [-0.15, -0.1) is 0 Å². The lowest BCUT2D eigenvalue weighted by molar-refractivity contribution is 0.0914. The fourth-order valence-corrected chi connectivity index (χ4v) is 4.80. The van der Waals surface area contributed by atoms with Gasteiger partial charge in [-0.25, -0.2) is 4.39 Å². The number of fused-ring (bicyclic) bond motifs is 3. The molecule has 0 saturated heterocycles. The highest BCUT2D eigenvalue weighted by Gasteiger charge is 2.40. The molecule has 0 aliphatic heterocycles. The van der Waals surface area contributed by atoms with E-state index in [4.69, 9.17) is 4.42 Å². The van der Waals surface area contributed by atoms with Gasteiger partial charge < -0.3 is 14.3 Å². The van der Waals surface area contributed by atoms with Gasteiger partial charge in [0.2, 0.25) is 5.71 Å². The van der Waals surface area contributed by atoms with Gasteiger partial charge in [0, 0.05) is 11.4 Å². The van der Waals surface area contributed by atoms with Gasteiger partial charge in [-0.3, -0.25) is 4.79 Å². The Morgan fingerprint density at radius 2 is 2.15 bits per heavy atom. The highest BCUT2D eigenvalue weighted by molar-refractivity contribution is 5.98. The van der Waals surface area contributed by atoms with Gasteiger partial charge in [0.15, 0.2) is 0 Å². The predicted octanol–water partition coefficient (Wildman–Crippen LogP) is 4.34. The maximum Gasteiger partial charge on any atom is 0.268 e. The maximum atomic E-state index is 13.6. The molecule has 0 radical (unpaired) electrons. The van der Waals surface area contributed by atoms with Gasteiger partial charge in [0.25, 0.3) is 5.91 Å². The van der Waals surface area contributed by atoms with Crippen LogP contribution in [0.5, 0.6) is 0 Å². The summed E-state index contributed by atoms with van der Waals surface area (Å²) in [4.78, 5) is 13.0. The van der Waals surface area contributed by atoms with Crippen LogP contribution < -0.4 is 5.32 Å². The van der Waals surface area contributed by atoms with E-state index in [1.54, 1.807) is 12.3 Å². The number of hydrogen-bond donors (Lipinski definition) is 1. The average molecular weight is 352 g/mol. The second-order valence-electron chi connectivity index (χ2n) is 7.68. The Hall–Kier alpha value is -2.56. The third-order valence-electron chi connectivity index (χ3n) is 6.02. The Morgan fingerprint density at radius 1 is 1.23 bits per heavy atom. The number of rotatable bonds is 4. The highest BCUT2D eigenvalue weighted by Crippen LogP contribution is 2.44. The minimum absolute atomic E-state index is 0.0645. The molecule has 2 heterocycles. The second-order valence-corrected chi connectivity index (χ2v) is 7.68. The zero-order chi connectivity index (χ0) is 17.7. The van der Waals surface area contributed by atoms with E-state index in [0.717, 1.165) is 23.3 Å².